The van der Waals surface area contributed by atoms with Crippen LogP contribution in [-0.4, -0.2) is 82.5 Å². The van der Waals surface area contributed by atoms with Gasteiger partial charge in [0.25, 0.3) is 29.5 Å². The Morgan fingerprint density at radius 3 is 1.01 bits per heavy atom. The minimum absolute atomic E-state index is 0.0324. The average Bonchev–Trinajstić information content (AvgIpc) is 0.818. The predicted molar refractivity (Wildman–Crippen MR) is 482 cm³/mol. The van der Waals surface area contributed by atoms with Gasteiger partial charge >= 0.3 is 7.12 Å². The van der Waals surface area contributed by atoms with Crippen molar-refractivity contribution in [3.63, 3.8) is 0 Å². The van der Waals surface area contributed by atoms with Gasteiger partial charge in [0, 0.05) is 28.8 Å². The third kappa shape index (κ3) is 30.2. The third-order valence-electron chi connectivity index (χ3n) is 17.2. The van der Waals surface area contributed by atoms with Crippen molar-refractivity contribution in [1.82, 2.24) is 24.9 Å². The van der Waals surface area contributed by atoms with Gasteiger partial charge in [-0.1, -0.05) is 214 Å². The van der Waals surface area contributed by atoms with Crippen LogP contribution in [0.2, 0.25) is 15.5 Å². The highest BCUT2D eigenvalue weighted by Gasteiger charge is 2.20. The first-order valence-electron chi connectivity index (χ1n) is 37.5. The van der Waals surface area contributed by atoms with Gasteiger partial charge in [-0.3, -0.25) is 28.8 Å². The third-order valence-corrected chi connectivity index (χ3v) is 17.9. The highest BCUT2D eigenvalue weighted by Crippen LogP contribution is 2.33. The number of benzene rings is 9. The summed E-state index contributed by atoms with van der Waals surface area (Å²) in [6.07, 6.45) is 1.57. The summed E-state index contributed by atoms with van der Waals surface area (Å²) in [5.74, 6) is 0.222. The molecule has 5 amide bonds. The molecule has 24 nitrogen and oxygen atoms in total. The van der Waals surface area contributed by atoms with Crippen LogP contribution < -0.4 is 58.8 Å². The standard InChI is InChI=1S/C23H20N2O3.C20H18N2O2.C19H17N3O2.C13H11ClN2O2.C7H9BO2.C7H8O.C6H4Cl2N2O/c1-3-18(26)14-16-5-4-6-17(13-16)21-12-11-20(22(24)27)23(25-21)28-19-9-7-15(2)8-10-19;1-13-6-8-16(9-7-13)24-20-17(19(21)23)10-11-18(22-20)15-5-3-4-14(2)12-15;1-12-5-7-15(8-6-12)24-19-16(18(21)23)9-10-17(22-19)13-3-2-4-14(20)11-13;1-8-2-4-9(5-3-8)18-13-10(12(15)17)6-7-11(14)16-13;1-6-3-2-4-7(5-6)8(9)10;1-6-2-4-7(8)5-3-6;7-4-2-1-3(6(9)11)5(8)10-4/h3-13H,1,14H2,2H3,(H2,24,27);3-12H,1-2H3,(H2,21,23);2-11H,20H2,1H3,(H2,21,23);2-7H,1H3,(H2,15,17);2-5,9-10H,1H3;2-5,8H,1H3;1-2H,(H2,9,11). The molecule has 0 saturated heterocycles. The number of aromatic nitrogens is 5. The smallest absolute Gasteiger partial charge is 0.488 e. The van der Waals surface area contributed by atoms with E-state index in [-0.39, 0.29) is 79.0 Å². The van der Waals surface area contributed by atoms with Crippen LogP contribution in [0.1, 0.15) is 96.3 Å². The number of aryl methyl sites for hydroxylation is 7. The number of hydrogen-bond donors (Lipinski definition) is 9. The zero-order chi connectivity index (χ0) is 89.4. The minimum atomic E-state index is -1.35. The molecule has 0 atom stereocenters. The number of ether oxygens (including phenoxy) is 4. The van der Waals surface area contributed by atoms with E-state index < -0.39 is 36.7 Å². The Morgan fingerprint density at radius 2 is 0.675 bits per heavy atom. The van der Waals surface area contributed by atoms with Crippen LogP contribution in [-0.2, 0) is 11.2 Å². The van der Waals surface area contributed by atoms with Gasteiger partial charge in [-0.05, 0) is 211 Å². The number of carbonyl (C=O) groups is 6. The SMILES string of the molecule is C=CC(=O)Cc1cccc(-c2ccc(C(N)=O)c(Oc3ccc(C)cc3)n2)c1.Cc1ccc(O)cc1.Cc1ccc(Oc2nc(-c3cccc(C)c3)ccc2C(N)=O)cc1.Cc1ccc(Oc2nc(-c3cccc(N)c3)ccc2C(N)=O)cc1.Cc1ccc(Oc2nc(Cl)ccc2C(N)=O)cc1.Cc1cccc(B(O)O)c1.NC(=O)c1ccc(Cl)nc1Cl. The second-order valence-electron chi connectivity index (χ2n) is 27.3. The number of nitrogens with zero attached hydrogens (tertiary/aromatic N) is 5. The van der Waals surface area contributed by atoms with Crippen LogP contribution in [0.15, 0.2) is 292 Å². The zero-order valence-electron chi connectivity index (χ0n) is 67.9. The van der Waals surface area contributed by atoms with Crippen molar-refractivity contribution in [2.45, 2.75) is 54.9 Å². The number of phenols is 1. The first-order chi connectivity index (χ1) is 58.7. The second kappa shape index (κ2) is 45.9. The fourth-order valence-corrected chi connectivity index (χ4v) is 11.3. The molecule has 14 rings (SSSR count). The number of nitrogens with two attached hydrogens (primary N) is 6. The normalized spacial score (nSPS) is 10.1. The Hall–Kier alpha value is -14.9. The van der Waals surface area contributed by atoms with Crippen LogP contribution in [0, 0.1) is 48.5 Å². The van der Waals surface area contributed by atoms with E-state index in [0.717, 1.165) is 61.3 Å². The Balaban J connectivity index is 0.000000185. The molecule has 15 N–H and O–H groups in total. The summed E-state index contributed by atoms with van der Waals surface area (Å²) >= 11 is 16.8. The number of aromatic hydroxyl groups is 1. The van der Waals surface area contributed by atoms with Gasteiger partial charge < -0.3 is 68.5 Å². The topological polar surface area (TPSA) is 421 Å². The molecular weight excluding hydrogens is 1620 g/mol. The number of allylic oxidation sites excluding steroid dienone is 1. The number of carbonyl (C=O) groups excluding carboxylic acids is 6. The Labute approximate surface area is 726 Å². The molecule has 5 heterocycles. The number of nitrogen functional groups attached to an aromatic ring is 1. The van der Waals surface area contributed by atoms with E-state index in [9.17, 15) is 28.8 Å². The van der Waals surface area contributed by atoms with Crippen molar-refractivity contribution in [2.75, 3.05) is 5.73 Å². The number of ketones is 1. The molecule has 9 aromatic carbocycles. The van der Waals surface area contributed by atoms with Gasteiger partial charge in [-0.25, -0.2) is 24.9 Å². The van der Waals surface area contributed by atoms with Crippen molar-refractivity contribution in [1.29, 1.82) is 0 Å². The van der Waals surface area contributed by atoms with Crippen LogP contribution in [0.3, 0.4) is 0 Å². The molecule has 28 heteroatoms. The van der Waals surface area contributed by atoms with Gasteiger partial charge in [0.1, 0.15) is 66.5 Å². The molecular formula is C95H87BCl3N11O13. The van der Waals surface area contributed by atoms with Crippen molar-refractivity contribution in [2.24, 2.45) is 28.7 Å². The van der Waals surface area contributed by atoms with Crippen molar-refractivity contribution < 1.29 is 62.9 Å². The maximum absolute atomic E-state index is 11.8. The summed E-state index contributed by atoms with van der Waals surface area (Å²) < 4.78 is 22.9. The summed E-state index contributed by atoms with van der Waals surface area (Å²) in [6, 6.07) is 82.7. The zero-order valence-corrected chi connectivity index (χ0v) is 70.2. The van der Waals surface area contributed by atoms with E-state index >= 15 is 0 Å². The fourth-order valence-electron chi connectivity index (χ4n) is 10.7. The highest BCUT2D eigenvalue weighted by molar-refractivity contribution is 6.58. The average molecular weight is 1710 g/mol. The van der Waals surface area contributed by atoms with E-state index in [2.05, 4.69) is 31.5 Å². The molecule has 0 radical (unpaired) electrons. The summed E-state index contributed by atoms with van der Waals surface area (Å²) in [5, 5.41) is 26.7. The first kappa shape index (κ1) is 93.6. The molecule has 624 valence electrons. The fraction of sp³-hybridized carbons (Fsp3) is 0.0842. The molecule has 5 aromatic heterocycles. The number of anilines is 1. The maximum Gasteiger partial charge on any atom is 0.488 e. The van der Waals surface area contributed by atoms with Gasteiger partial charge in [-0.15, -0.1) is 0 Å². The van der Waals surface area contributed by atoms with Gasteiger partial charge in [0.05, 0.1) is 22.6 Å². The monoisotopic (exact) mass is 1710 g/mol. The predicted octanol–water partition coefficient (Wildman–Crippen LogP) is 17.8. The van der Waals surface area contributed by atoms with Crippen LogP contribution >= 0.6 is 34.8 Å². The van der Waals surface area contributed by atoms with Crippen LogP contribution in [0.5, 0.6) is 52.3 Å². The first-order valence-corrected chi connectivity index (χ1v) is 38.7. The lowest BCUT2D eigenvalue weighted by molar-refractivity contribution is -0.114. The Kier molecular flexibility index (Phi) is 35.0. The van der Waals surface area contributed by atoms with Crippen LogP contribution in [0.25, 0.3) is 33.8 Å². The van der Waals surface area contributed by atoms with Gasteiger partial charge in [0.2, 0.25) is 23.5 Å². The van der Waals surface area contributed by atoms with Crippen LogP contribution in [0.4, 0.5) is 5.69 Å². The molecule has 0 aliphatic rings. The largest absolute Gasteiger partial charge is 0.508 e. The number of pyridine rings is 5. The summed E-state index contributed by atoms with van der Waals surface area (Å²) in [7, 11) is -1.35. The minimum Gasteiger partial charge on any atom is -0.508 e. The van der Waals surface area contributed by atoms with E-state index in [0.29, 0.717) is 51.3 Å². The van der Waals surface area contributed by atoms with E-state index in [1.165, 1.54) is 35.9 Å². The van der Waals surface area contributed by atoms with Gasteiger partial charge in [-0.2, -0.15) is 0 Å². The number of rotatable bonds is 20. The van der Waals surface area contributed by atoms with Crippen molar-refractivity contribution in [3.05, 3.63) is 379 Å². The second-order valence-corrected chi connectivity index (χ2v) is 28.4. The van der Waals surface area contributed by atoms with E-state index in [4.69, 9.17) is 103 Å². The number of amides is 5. The lowest BCUT2D eigenvalue weighted by Gasteiger charge is -2.11. The quantitative estimate of drug-likeness (QED) is 0.0148. The molecule has 0 aliphatic heterocycles. The summed E-state index contributed by atoms with van der Waals surface area (Å²) in [4.78, 5) is 89.6. The van der Waals surface area contributed by atoms with Gasteiger partial charge in [0.15, 0.2) is 5.78 Å². The molecule has 123 heavy (non-hydrogen) atoms. The number of halogens is 3. The lowest BCUT2D eigenvalue weighted by Crippen LogP contribution is -2.29. The van der Waals surface area contributed by atoms with E-state index in [1.807, 2.05) is 206 Å². The molecule has 0 fully saturated rings. The van der Waals surface area contributed by atoms with Crippen molar-refractivity contribution in [3.8, 4) is 86.0 Å². The lowest BCUT2D eigenvalue weighted by atomic mass is 9.80. The number of hydrogen-bond acceptors (Lipinski definition) is 19. The molecule has 0 aliphatic carbocycles. The summed E-state index contributed by atoms with van der Waals surface area (Å²) in [6.45, 7) is 17.3. The maximum atomic E-state index is 11.8. The Morgan fingerprint density at radius 1 is 0.358 bits per heavy atom. The highest BCUT2D eigenvalue weighted by atomic mass is 35.5. The summed E-state index contributed by atoms with van der Waals surface area (Å²) in [5.41, 5.74) is 47.8. The molecule has 0 spiro atoms. The van der Waals surface area contributed by atoms with Crippen molar-refractivity contribution >= 4 is 88.4 Å². The molecule has 14 aromatic rings. The number of primary amides is 5. The molecule has 0 bridgehead atoms. The molecule has 0 unspecified atom stereocenters. The Bertz CT molecular complexity index is 5860. The number of phenolic OH excluding ortho intramolecular Hbond substituents is 1. The molecule has 0 saturated carbocycles. The van der Waals surface area contributed by atoms with E-state index in [1.54, 1.807) is 97.1 Å².